The first-order valence-electron chi connectivity index (χ1n) is 12.3. The highest BCUT2D eigenvalue weighted by Crippen LogP contribution is 2.36. The number of carbonyl (C=O) groups excluding carboxylic acids is 3. The van der Waals surface area contributed by atoms with E-state index in [0.717, 1.165) is 17.5 Å². The van der Waals surface area contributed by atoms with Crippen LogP contribution in [0, 0.1) is 5.92 Å². The Kier molecular flexibility index (Phi) is 6.81. The lowest BCUT2D eigenvalue weighted by molar-refractivity contribution is -0.134. The van der Waals surface area contributed by atoms with E-state index in [1.165, 1.54) is 4.90 Å². The molecule has 2 unspecified atom stereocenters. The van der Waals surface area contributed by atoms with Gasteiger partial charge in [-0.1, -0.05) is 29.8 Å². The smallest absolute Gasteiger partial charge is 0.256 e. The molecule has 2 aromatic carbocycles. The molecular weight excluding hydrogens is 480 g/mol. The highest BCUT2D eigenvalue weighted by molar-refractivity contribution is 6.35. The predicted octanol–water partition coefficient (Wildman–Crippen LogP) is 2.97. The molecule has 9 heteroatoms. The van der Waals surface area contributed by atoms with E-state index < -0.39 is 5.54 Å². The van der Waals surface area contributed by atoms with Crippen molar-refractivity contribution in [1.82, 2.24) is 10.2 Å². The number of hydrogen-bond acceptors (Lipinski definition) is 5. The molecule has 0 aromatic heterocycles. The molecule has 1 spiro atoms. The predicted molar refractivity (Wildman–Crippen MR) is 137 cm³/mol. The van der Waals surface area contributed by atoms with Crippen LogP contribution in [-0.2, 0) is 32.0 Å². The van der Waals surface area contributed by atoms with E-state index in [1.807, 2.05) is 36.4 Å². The molecule has 2 aliphatic heterocycles. The van der Waals surface area contributed by atoms with E-state index >= 15 is 0 Å². The topological polar surface area (TPSA) is 100 Å². The number of nitrogens with zero attached hydrogens (tertiary/aromatic N) is 2. The lowest BCUT2D eigenvalue weighted by Gasteiger charge is -2.24. The van der Waals surface area contributed by atoms with Gasteiger partial charge in [0.05, 0.1) is 5.02 Å². The molecule has 1 fully saturated rings. The van der Waals surface area contributed by atoms with Crippen LogP contribution < -0.4 is 10.6 Å². The van der Waals surface area contributed by atoms with E-state index in [4.69, 9.17) is 21.3 Å². The van der Waals surface area contributed by atoms with Crippen molar-refractivity contribution < 1.29 is 19.1 Å². The number of halogens is 1. The first kappa shape index (κ1) is 24.5. The summed E-state index contributed by atoms with van der Waals surface area (Å²) >= 11 is 6.47. The second kappa shape index (κ2) is 10.0. The van der Waals surface area contributed by atoms with Crippen molar-refractivity contribution in [3.63, 3.8) is 0 Å². The van der Waals surface area contributed by atoms with Crippen molar-refractivity contribution >= 4 is 40.8 Å². The van der Waals surface area contributed by atoms with Crippen molar-refractivity contribution in [2.75, 3.05) is 32.1 Å². The summed E-state index contributed by atoms with van der Waals surface area (Å²) in [7, 11) is 1.64. The number of hydrogen-bond donors (Lipinski definition) is 2. The first-order valence-corrected chi connectivity index (χ1v) is 12.7. The number of benzene rings is 2. The second-order valence-corrected chi connectivity index (χ2v) is 9.96. The Morgan fingerprint density at radius 3 is 2.75 bits per heavy atom. The van der Waals surface area contributed by atoms with Gasteiger partial charge in [0.15, 0.2) is 0 Å². The summed E-state index contributed by atoms with van der Waals surface area (Å²) in [5.41, 5.74) is 2.49. The monoisotopic (exact) mass is 508 g/mol. The van der Waals surface area contributed by atoms with Crippen molar-refractivity contribution in [1.29, 1.82) is 0 Å². The number of ether oxygens (including phenoxy) is 1. The van der Waals surface area contributed by atoms with E-state index in [1.54, 1.807) is 13.1 Å². The number of nitrogens with one attached hydrogen (secondary N) is 2. The van der Waals surface area contributed by atoms with Gasteiger partial charge in [-0.05, 0) is 61.1 Å². The fraction of sp³-hybridized carbons (Fsp3) is 0.407. The summed E-state index contributed by atoms with van der Waals surface area (Å²) in [6.07, 6.45) is 3.08. The van der Waals surface area contributed by atoms with Crippen molar-refractivity contribution in [2.45, 2.75) is 37.6 Å². The van der Waals surface area contributed by atoms with Gasteiger partial charge < -0.3 is 15.4 Å². The number of amidine groups is 1. The number of aliphatic imine (C=N–C) groups is 1. The summed E-state index contributed by atoms with van der Waals surface area (Å²) in [5, 5.41) is 6.10. The molecule has 8 nitrogen and oxygen atoms in total. The van der Waals surface area contributed by atoms with Gasteiger partial charge in [-0.2, -0.15) is 0 Å². The van der Waals surface area contributed by atoms with Gasteiger partial charge >= 0.3 is 0 Å². The third-order valence-electron chi connectivity index (χ3n) is 7.21. The van der Waals surface area contributed by atoms with Crippen LogP contribution >= 0.6 is 11.6 Å². The summed E-state index contributed by atoms with van der Waals surface area (Å²) < 4.78 is 5.59. The van der Waals surface area contributed by atoms with Gasteiger partial charge in [-0.25, -0.2) is 0 Å². The lowest BCUT2D eigenvalue weighted by atomic mass is 9.91. The molecule has 0 radical (unpaired) electrons. The molecule has 188 valence electrons. The molecule has 1 aliphatic carbocycles. The molecule has 2 heterocycles. The highest BCUT2D eigenvalue weighted by atomic mass is 35.5. The zero-order chi connectivity index (χ0) is 25.3. The van der Waals surface area contributed by atoms with Crippen LogP contribution in [0.15, 0.2) is 47.5 Å². The van der Waals surface area contributed by atoms with Crippen LogP contribution in [0.3, 0.4) is 0 Å². The standard InChI is InChI=1S/C27H29ClN4O4/c1-29-25(34)19-13-17-7-8-20(15-18(17)14-19)30-23(33)16-32-24(21-5-2-3-6-22(21)28)31-27(26(32)35)9-4-11-36-12-10-27/h2-3,5-8,15,19H,4,9-14,16H2,1H3,(H,29,34)(H,30,33). The molecule has 2 atom stereocenters. The lowest BCUT2D eigenvalue weighted by Crippen LogP contribution is -2.46. The number of amides is 3. The van der Waals surface area contributed by atoms with Crippen LogP contribution in [0.2, 0.25) is 5.02 Å². The maximum Gasteiger partial charge on any atom is 0.256 e. The van der Waals surface area contributed by atoms with Crippen LogP contribution in [0.5, 0.6) is 0 Å². The quantitative estimate of drug-likeness (QED) is 0.648. The normalized spacial score (nSPS) is 23.3. The van der Waals surface area contributed by atoms with Gasteiger partial charge in [0, 0.05) is 43.9 Å². The number of rotatable bonds is 5. The van der Waals surface area contributed by atoms with Crippen molar-refractivity contribution in [2.24, 2.45) is 10.9 Å². The summed E-state index contributed by atoms with van der Waals surface area (Å²) in [4.78, 5) is 45.2. The van der Waals surface area contributed by atoms with Crippen LogP contribution in [-0.4, -0.2) is 60.8 Å². The Labute approximate surface area is 215 Å². The van der Waals surface area contributed by atoms with E-state index in [-0.39, 0.29) is 30.2 Å². The largest absolute Gasteiger partial charge is 0.381 e. The van der Waals surface area contributed by atoms with Crippen LogP contribution in [0.1, 0.15) is 36.0 Å². The molecule has 0 saturated carbocycles. The highest BCUT2D eigenvalue weighted by Gasteiger charge is 2.49. The summed E-state index contributed by atoms with van der Waals surface area (Å²) in [6, 6.07) is 12.9. The Morgan fingerprint density at radius 1 is 1.14 bits per heavy atom. The Hall–Kier alpha value is -3.23. The number of carbonyl (C=O) groups is 3. The Balaban J connectivity index is 1.36. The average molecular weight is 509 g/mol. The number of fused-ring (bicyclic) bond motifs is 1. The second-order valence-electron chi connectivity index (χ2n) is 9.56. The molecule has 0 bridgehead atoms. The molecule has 2 aromatic rings. The van der Waals surface area contributed by atoms with E-state index in [0.29, 0.717) is 61.0 Å². The van der Waals surface area contributed by atoms with Gasteiger partial charge in [-0.15, -0.1) is 0 Å². The van der Waals surface area contributed by atoms with E-state index in [9.17, 15) is 14.4 Å². The molecule has 5 rings (SSSR count). The first-order chi connectivity index (χ1) is 17.4. The minimum absolute atomic E-state index is 0.0218. The minimum atomic E-state index is -0.937. The average Bonchev–Trinajstić information content (AvgIpc) is 3.29. The van der Waals surface area contributed by atoms with Gasteiger partial charge in [0.2, 0.25) is 11.8 Å². The summed E-state index contributed by atoms with van der Waals surface area (Å²) in [6.45, 7) is 0.853. The SMILES string of the molecule is CNC(=O)C1Cc2ccc(NC(=O)CN3C(=O)C4(CCCOCC4)N=C3c3ccccc3Cl)cc2C1. The fourth-order valence-corrected chi connectivity index (χ4v) is 5.56. The minimum Gasteiger partial charge on any atom is -0.381 e. The third kappa shape index (κ3) is 4.63. The van der Waals surface area contributed by atoms with Gasteiger partial charge in [0.1, 0.15) is 17.9 Å². The van der Waals surface area contributed by atoms with Gasteiger partial charge in [-0.3, -0.25) is 24.3 Å². The van der Waals surface area contributed by atoms with Crippen LogP contribution in [0.25, 0.3) is 0 Å². The van der Waals surface area contributed by atoms with Crippen LogP contribution in [0.4, 0.5) is 5.69 Å². The molecular formula is C27H29ClN4O4. The Bertz CT molecular complexity index is 1240. The zero-order valence-corrected chi connectivity index (χ0v) is 20.9. The van der Waals surface area contributed by atoms with Gasteiger partial charge in [0.25, 0.3) is 5.91 Å². The molecule has 2 N–H and O–H groups in total. The van der Waals surface area contributed by atoms with Crippen molar-refractivity contribution in [3.8, 4) is 0 Å². The third-order valence-corrected chi connectivity index (χ3v) is 7.54. The zero-order valence-electron chi connectivity index (χ0n) is 20.2. The van der Waals surface area contributed by atoms with E-state index in [2.05, 4.69) is 10.6 Å². The molecule has 3 aliphatic rings. The molecule has 1 saturated heterocycles. The maximum atomic E-state index is 13.7. The molecule has 36 heavy (non-hydrogen) atoms. The Morgan fingerprint density at radius 2 is 1.94 bits per heavy atom. The summed E-state index contributed by atoms with van der Waals surface area (Å²) in [5.74, 6) is -0.169. The molecule has 3 amide bonds. The maximum absolute atomic E-state index is 13.7. The fourth-order valence-electron chi connectivity index (χ4n) is 5.34. The van der Waals surface area contributed by atoms with Crippen molar-refractivity contribution in [3.05, 3.63) is 64.2 Å². The number of anilines is 1.